The van der Waals surface area contributed by atoms with Gasteiger partial charge in [0, 0.05) is 35.2 Å². The highest BCUT2D eigenvalue weighted by molar-refractivity contribution is 6.06. The fourth-order valence-corrected chi connectivity index (χ4v) is 3.41. The van der Waals surface area contributed by atoms with Crippen molar-refractivity contribution >= 4 is 34.8 Å². The standard InChI is InChI=1S/C25H21N3O5/c29-23(16-7-2-1-3-8-16)27-21(14-18-9-6-12-33-18)24(30)28-22(25(31)32)13-17-15-26-20-11-5-4-10-19(17)20/h1-12,14-15,22,26H,13H2,(H,27,29)(H,28,30)(H,31,32)/b21-14+/t22-/m0/s1. The Bertz CT molecular complexity index is 1310. The molecule has 2 amide bonds. The summed E-state index contributed by atoms with van der Waals surface area (Å²) in [6.45, 7) is 0. The van der Waals surface area contributed by atoms with Gasteiger partial charge in [0.1, 0.15) is 17.5 Å². The van der Waals surface area contributed by atoms with E-state index in [-0.39, 0.29) is 12.1 Å². The molecule has 0 fully saturated rings. The molecule has 2 heterocycles. The molecule has 0 aliphatic rings. The molecule has 4 N–H and O–H groups in total. The quantitative estimate of drug-likeness (QED) is 0.311. The summed E-state index contributed by atoms with van der Waals surface area (Å²) in [5.74, 6) is -2.12. The third-order valence-corrected chi connectivity index (χ3v) is 5.06. The number of H-pyrrole nitrogens is 1. The van der Waals surface area contributed by atoms with Crippen molar-refractivity contribution in [3.8, 4) is 0 Å². The van der Waals surface area contributed by atoms with Crippen molar-refractivity contribution in [2.24, 2.45) is 0 Å². The maximum absolute atomic E-state index is 13.0. The van der Waals surface area contributed by atoms with Crippen molar-refractivity contribution in [1.29, 1.82) is 0 Å². The van der Waals surface area contributed by atoms with E-state index < -0.39 is 23.8 Å². The lowest BCUT2D eigenvalue weighted by molar-refractivity contribution is -0.141. The molecular weight excluding hydrogens is 422 g/mol. The fraction of sp³-hybridized carbons (Fsp3) is 0.0800. The lowest BCUT2D eigenvalue weighted by atomic mass is 10.0. The molecule has 0 saturated heterocycles. The van der Waals surface area contributed by atoms with Gasteiger partial charge in [-0.3, -0.25) is 9.59 Å². The van der Waals surface area contributed by atoms with Crippen LogP contribution in [0.15, 0.2) is 89.3 Å². The minimum atomic E-state index is -1.22. The molecule has 33 heavy (non-hydrogen) atoms. The zero-order valence-corrected chi connectivity index (χ0v) is 17.4. The van der Waals surface area contributed by atoms with Crippen LogP contribution >= 0.6 is 0 Å². The number of carboxylic acid groups (broad SMARTS) is 1. The van der Waals surface area contributed by atoms with Gasteiger partial charge in [0.25, 0.3) is 11.8 Å². The van der Waals surface area contributed by atoms with Gasteiger partial charge < -0.3 is 25.1 Å². The topological polar surface area (TPSA) is 124 Å². The number of aromatic nitrogens is 1. The number of hydrogen-bond donors (Lipinski definition) is 4. The molecule has 0 aliphatic heterocycles. The first-order chi connectivity index (χ1) is 16.0. The van der Waals surface area contributed by atoms with Crippen molar-refractivity contribution in [1.82, 2.24) is 15.6 Å². The first-order valence-corrected chi connectivity index (χ1v) is 10.2. The van der Waals surface area contributed by atoms with E-state index in [1.165, 1.54) is 12.3 Å². The van der Waals surface area contributed by atoms with Crippen LogP contribution in [0.1, 0.15) is 21.7 Å². The summed E-state index contributed by atoms with van der Waals surface area (Å²) in [5.41, 5.74) is 1.84. The predicted octanol–water partition coefficient (Wildman–Crippen LogP) is 3.34. The highest BCUT2D eigenvalue weighted by Crippen LogP contribution is 2.19. The lowest BCUT2D eigenvalue weighted by Crippen LogP contribution is -2.45. The van der Waals surface area contributed by atoms with Gasteiger partial charge in [-0.15, -0.1) is 0 Å². The number of nitrogens with one attached hydrogen (secondary N) is 3. The van der Waals surface area contributed by atoms with E-state index in [4.69, 9.17) is 4.42 Å². The van der Waals surface area contributed by atoms with Crippen molar-refractivity contribution in [2.75, 3.05) is 0 Å². The molecule has 8 nitrogen and oxygen atoms in total. The van der Waals surface area contributed by atoms with Crippen LogP contribution in [0.5, 0.6) is 0 Å². The molecule has 0 aliphatic carbocycles. The predicted molar refractivity (Wildman–Crippen MR) is 122 cm³/mol. The Morgan fingerprint density at radius 2 is 1.76 bits per heavy atom. The second kappa shape index (κ2) is 9.69. The number of rotatable bonds is 8. The largest absolute Gasteiger partial charge is 0.480 e. The Morgan fingerprint density at radius 3 is 2.48 bits per heavy atom. The summed E-state index contributed by atoms with van der Waals surface area (Å²) >= 11 is 0. The first kappa shape index (κ1) is 21.6. The van der Waals surface area contributed by atoms with Gasteiger partial charge in [0.2, 0.25) is 0 Å². The van der Waals surface area contributed by atoms with E-state index in [1.54, 1.807) is 48.7 Å². The maximum atomic E-state index is 13.0. The number of carboxylic acids is 1. The van der Waals surface area contributed by atoms with Crippen LogP contribution in [0.4, 0.5) is 0 Å². The molecular formula is C25H21N3O5. The smallest absolute Gasteiger partial charge is 0.326 e. The van der Waals surface area contributed by atoms with Crippen LogP contribution in [0.2, 0.25) is 0 Å². The van der Waals surface area contributed by atoms with Crippen LogP contribution in [0.3, 0.4) is 0 Å². The second-order valence-electron chi connectivity index (χ2n) is 7.32. The highest BCUT2D eigenvalue weighted by Gasteiger charge is 2.24. The van der Waals surface area contributed by atoms with Crippen molar-refractivity contribution in [3.63, 3.8) is 0 Å². The van der Waals surface area contributed by atoms with Crippen LogP contribution in [0, 0.1) is 0 Å². The Morgan fingerprint density at radius 1 is 1.00 bits per heavy atom. The molecule has 2 aromatic carbocycles. The van der Waals surface area contributed by atoms with Crippen LogP contribution in [0.25, 0.3) is 17.0 Å². The van der Waals surface area contributed by atoms with E-state index in [9.17, 15) is 19.5 Å². The zero-order valence-electron chi connectivity index (χ0n) is 17.4. The van der Waals surface area contributed by atoms with Gasteiger partial charge in [0.15, 0.2) is 0 Å². The van der Waals surface area contributed by atoms with Gasteiger partial charge in [-0.05, 0) is 35.9 Å². The second-order valence-corrected chi connectivity index (χ2v) is 7.32. The molecule has 4 rings (SSSR count). The number of hydrogen-bond acceptors (Lipinski definition) is 4. The zero-order chi connectivity index (χ0) is 23.2. The Hall–Kier alpha value is -4.59. The summed E-state index contributed by atoms with van der Waals surface area (Å²) in [5, 5.41) is 15.7. The molecule has 1 atom stereocenters. The van der Waals surface area contributed by atoms with Crippen molar-refractivity contribution in [2.45, 2.75) is 12.5 Å². The number of furan rings is 1. The summed E-state index contributed by atoms with van der Waals surface area (Å²) in [6.07, 6.45) is 4.56. The maximum Gasteiger partial charge on any atom is 0.326 e. The van der Waals surface area contributed by atoms with Crippen LogP contribution in [-0.4, -0.2) is 33.9 Å². The van der Waals surface area contributed by atoms with Gasteiger partial charge in [-0.2, -0.15) is 0 Å². The Kier molecular flexibility index (Phi) is 6.36. The summed E-state index contributed by atoms with van der Waals surface area (Å²) in [6, 6.07) is 17.9. The first-order valence-electron chi connectivity index (χ1n) is 10.2. The third kappa shape index (κ3) is 5.19. The van der Waals surface area contributed by atoms with Gasteiger partial charge in [0.05, 0.1) is 6.26 Å². The van der Waals surface area contributed by atoms with E-state index >= 15 is 0 Å². The van der Waals surface area contributed by atoms with E-state index in [0.29, 0.717) is 11.3 Å². The Labute approximate surface area is 188 Å². The molecule has 8 heteroatoms. The average molecular weight is 443 g/mol. The number of carbonyl (C=O) groups excluding carboxylic acids is 2. The minimum Gasteiger partial charge on any atom is -0.480 e. The van der Waals surface area contributed by atoms with Crippen molar-refractivity contribution < 1.29 is 23.9 Å². The lowest BCUT2D eigenvalue weighted by Gasteiger charge is -2.16. The Balaban J connectivity index is 1.56. The molecule has 0 radical (unpaired) electrons. The highest BCUT2D eigenvalue weighted by atomic mass is 16.4. The molecule has 4 aromatic rings. The normalized spacial score (nSPS) is 12.3. The van der Waals surface area contributed by atoms with E-state index in [1.807, 2.05) is 24.3 Å². The fourth-order valence-electron chi connectivity index (χ4n) is 3.41. The monoisotopic (exact) mass is 443 g/mol. The number of amides is 2. The van der Waals surface area contributed by atoms with E-state index in [0.717, 1.165) is 16.5 Å². The van der Waals surface area contributed by atoms with Gasteiger partial charge in [-0.25, -0.2) is 4.79 Å². The van der Waals surface area contributed by atoms with E-state index in [2.05, 4.69) is 15.6 Å². The third-order valence-electron chi connectivity index (χ3n) is 5.06. The molecule has 2 aromatic heterocycles. The number of aromatic amines is 1. The summed E-state index contributed by atoms with van der Waals surface area (Å²) < 4.78 is 5.26. The molecule has 0 bridgehead atoms. The minimum absolute atomic E-state index is 0.0613. The number of fused-ring (bicyclic) bond motifs is 1. The number of benzene rings is 2. The van der Waals surface area contributed by atoms with Crippen molar-refractivity contribution in [3.05, 3.63) is 102 Å². The molecule has 0 unspecified atom stereocenters. The number of para-hydroxylation sites is 1. The number of aliphatic carboxylic acids is 1. The van der Waals surface area contributed by atoms with Gasteiger partial charge >= 0.3 is 5.97 Å². The molecule has 166 valence electrons. The molecule has 0 spiro atoms. The number of carbonyl (C=O) groups is 3. The average Bonchev–Trinajstić information content (AvgIpc) is 3.48. The van der Waals surface area contributed by atoms with Crippen LogP contribution in [-0.2, 0) is 16.0 Å². The van der Waals surface area contributed by atoms with Crippen LogP contribution < -0.4 is 10.6 Å². The summed E-state index contributed by atoms with van der Waals surface area (Å²) in [4.78, 5) is 40.7. The SMILES string of the molecule is O=C(N[C@@H](Cc1c[nH]c2ccccc12)C(=O)O)/C(=C\c1ccco1)NC(=O)c1ccccc1. The van der Waals surface area contributed by atoms with Gasteiger partial charge in [-0.1, -0.05) is 36.4 Å². The molecule has 0 saturated carbocycles. The summed E-state index contributed by atoms with van der Waals surface area (Å²) in [7, 11) is 0.